The minimum Gasteiger partial charge on any atom is -0.496 e. The standard InChI is InChI=1S/C17H17N3O5S/c1-23-13-9-11(24-7-6-21)4-5-12(13)16(22)18-10-15-19-20-17(25-15)14-3-2-8-26-14/h2-5,8-9,21H,6-7,10H2,1H3,(H,18,22). The Hall–Kier alpha value is -2.91. The molecule has 1 aromatic carbocycles. The second-order valence-corrected chi connectivity index (χ2v) is 6.04. The van der Waals surface area contributed by atoms with Gasteiger partial charge < -0.3 is 24.3 Å². The Kier molecular flexibility index (Phi) is 5.82. The highest BCUT2D eigenvalue weighted by Crippen LogP contribution is 2.25. The fraction of sp³-hybridized carbons (Fsp3) is 0.235. The van der Waals surface area contributed by atoms with Crippen LogP contribution in [-0.2, 0) is 6.54 Å². The van der Waals surface area contributed by atoms with Crippen molar-refractivity contribution in [1.29, 1.82) is 0 Å². The third kappa shape index (κ3) is 4.19. The fourth-order valence-electron chi connectivity index (χ4n) is 2.19. The largest absolute Gasteiger partial charge is 0.496 e. The summed E-state index contributed by atoms with van der Waals surface area (Å²) in [6.07, 6.45) is 0. The summed E-state index contributed by atoms with van der Waals surface area (Å²) in [4.78, 5) is 13.3. The van der Waals surface area contributed by atoms with Crippen LogP contribution in [0.2, 0.25) is 0 Å². The van der Waals surface area contributed by atoms with Gasteiger partial charge >= 0.3 is 0 Å². The molecule has 2 aromatic heterocycles. The average Bonchev–Trinajstić information content (AvgIpc) is 3.35. The number of hydrogen-bond acceptors (Lipinski definition) is 8. The normalized spacial score (nSPS) is 10.5. The second-order valence-electron chi connectivity index (χ2n) is 5.10. The Morgan fingerprint density at radius 3 is 2.96 bits per heavy atom. The first-order valence-corrected chi connectivity index (χ1v) is 8.65. The molecule has 0 atom stereocenters. The molecule has 0 aliphatic heterocycles. The zero-order chi connectivity index (χ0) is 18.4. The molecule has 0 aliphatic carbocycles. The van der Waals surface area contributed by atoms with Crippen molar-refractivity contribution < 1.29 is 23.8 Å². The number of carbonyl (C=O) groups is 1. The minimum atomic E-state index is -0.341. The van der Waals surface area contributed by atoms with Crippen LogP contribution in [0.15, 0.2) is 40.1 Å². The molecule has 0 aliphatic rings. The number of amides is 1. The van der Waals surface area contributed by atoms with Crippen LogP contribution in [0, 0.1) is 0 Å². The Labute approximate surface area is 153 Å². The molecule has 0 bridgehead atoms. The first kappa shape index (κ1) is 17.9. The van der Waals surface area contributed by atoms with Gasteiger partial charge in [0.15, 0.2) is 0 Å². The van der Waals surface area contributed by atoms with Gasteiger partial charge in [-0.05, 0) is 23.6 Å². The van der Waals surface area contributed by atoms with Crippen LogP contribution < -0.4 is 14.8 Å². The number of ether oxygens (including phenoxy) is 2. The summed E-state index contributed by atoms with van der Waals surface area (Å²) < 4.78 is 16.1. The summed E-state index contributed by atoms with van der Waals surface area (Å²) in [6, 6.07) is 8.59. The van der Waals surface area contributed by atoms with Crippen molar-refractivity contribution in [3.05, 3.63) is 47.2 Å². The lowest BCUT2D eigenvalue weighted by Crippen LogP contribution is -2.23. The highest BCUT2D eigenvalue weighted by atomic mass is 32.1. The summed E-state index contributed by atoms with van der Waals surface area (Å²) >= 11 is 1.49. The maximum Gasteiger partial charge on any atom is 0.257 e. The SMILES string of the molecule is COc1cc(OCCO)ccc1C(=O)NCc1nnc(-c2cccs2)o1. The highest BCUT2D eigenvalue weighted by molar-refractivity contribution is 7.13. The smallest absolute Gasteiger partial charge is 0.257 e. The van der Waals surface area contributed by atoms with Crippen LogP contribution in [-0.4, -0.2) is 41.5 Å². The number of aromatic nitrogens is 2. The van der Waals surface area contributed by atoms with E-state index in [9.17, 15) is 4.79 Å². The highest BCUT2D eigenvalue weighted by Gasteiger charge is 2.15. The molecule has 26 heavy (non-hydrogen) atoms. The van der Waals surface area contributed by atoms with E-state index in [2.05, 4.69) is 15.5 Å². The first-order valence-electron chi connectivity index (χ1n) is 7.77. The van der Waals surface area contributed by atoms with Gasteiger partial charge in [0.2, 0.25) is 5.89 Å². The monoisotopic (exact) mass is 375 g/mol. The van der Waals surface area contributed by atoms with E-state index in [0.29, 0.717) is 28.8 Å². The van der Waals surface area contributed by atoms with Crippen molar-refractivity contribution in [2.24, 2.45) is 0 Å². The number of methoxy groups -OCH3 is 1. The van der Waals surface area contributed by atoms with Crippen molar-refractivity contribution in [3.63, 3.8) is 0 Å². The van der Waals surface area contributed by atoms with Gasteiger partial charge in [-0.1, -0.05) is 6.07 Å². The van der Waals surface area contributed by atoms with Gasteiger partial charge in [-0.2, -0.15) is 0 Å². The average molecular weight is 375 g/mol. The Balaban J connectivity index is 1.64. The summed E-state index contributed by atoms with van der Waals surface area (Å²) in [5, 5.41) is 21.3. The lowest BCUT2D eigenvalue weighted by molar-refractivity contribution is 0.0944. The van der Waals surface area contributed by atoms with E-state index in [4.69, 9.17) is 19.0 Å². The van der Waals surface area contributed by atoms with E-state index in [0.717, 1.165) is 4.88 Å². The molecule has 8 nitrogen and oxygen atoms in total. The summed E-state index contributed by atoms with van der Waals surface area (Å²) in [6.45, 7) is 0.170. The summed E-state index contributed by atoms with van der Waals surface area (Å²) in [5.41, 5.74) is 0.349. The predicted molar refractivity (Wildman–Crippen MR) is 94.4 cm³/mol. The van der Waals surface area contributed by atoms with E-state index in [1.54, 1.807) is 18.2 Å². The molecule has 0 saturated carbocycles. The van der Waals surface area contributed by atoms with Gasteiger partial charge in [-0.3, -0.25) is 4.79 Å². The number of rotatable bonds is 8. The van der Waals surface area contributed by atoms with E-state index in [-0.39, 0.29) is 25.7 Å². The molecule has 0 spiro atoms. The number of aliphatic hydroxyl groups excluding tert-OH is 1. The van der Waals surface area contributed by atoms with Crippen molar-refractivity contribution in [2.45, 2.75) is 6.54 Å². The van der Waals surface area contributed by atoms with Crippen LogP contribution in [0.25, 0.3) is 10.8 Å². The number of aliphatic hydroxyl groups is 1. The van der Waals surface area contributed by atoms with Gasteiger partial charge in [-0.15, -0.1) is 21.5 Å². The lowest BCUT2D eigenvalue weighted by atomic mass is 10.1. The number of thiophene rings is 1. The van der Waals surface area contributed by atoms with Gasteiger partial charge in [0, 0.05) is 6.07 Å². The van der Waals surface area contributed by atoms with Crippen molar-refractivity contribution in [1.82, 2.24) is 15.5 Å². The van der Waals surface area contributed by atoms with E-state index >= 15 is 0 Å². The van der Waals surface area contributed by atoms with Crippen LogP contribution in [0.5, 0.6) is 11.5 Å². The molecule has 2 heterocycles. The molecular weight excluding hydrogens is 358 g/mol. The van der Waals surface area contributed by atoms with Gasteiger partial charge in [0.25, 0.3) is 11.8 Å². The maximum absolute atomic E-state index is 12.4. The zero-order valence-electron chi connectivity index (χ0n) is 14.0. The molecule has 0 fully saturated rings. The Bertz CT molecular complexity index is 863. The Morgan fingerprint density at radius 2 is 2.23 bits per heavy atom. The molecule has 3 rings (SSSR count). The van der Waals surface area contributed by atoms with Gasteiger partial charge in [0.05, 0.1) is 30.7 Å². The zero-order valence-corrected chi connectivity index (χ0v) is 14.8. The van der Waals surface area contributed by atoms with Crippen LogP contribution in [0.1, 0.15) is 16.2 Å². The molecule has 0 saturated heterocycles. The quantitative estimate of drug-likeness (QED) is 0.621. The second kappa shape index (κ2) is 8.45. The number of nitrogens with zero attached hydrogens (tertiary/aromatic N) is 2. The van der Waals surface area contributed by atoms with Crippen molar-refractivity contribution in [3.8, 4) is 22.3 Å². The number of benzene rings is 1. The summed E-state index contributed by atoms with van der Waals surface area (Å²) in [7, 11) is 1.47. The Morgan fingerprint density at radius 1 is 1.35 bits per heavy atom. The topological polar surface area (TPSA) is 107 Å². The minimum absolute atomic E-state index is 0.0950. The van der Waals surface area contributed by atoms with Crippen LogP contribution in [0.3, 0.4) is 0 Å². The lowest BCUT2D eigenvalue weighted by Gasteiger charge is -2.11. The molecule has 0 radical (unpaired) electrons. The third-order valence-electron chi connectivity index (χ3n) is 3.38. The van der Waals surface area contributed by atoms with Crippen molar-refractivity contribution in [2.75, 3.05) is 20.3 Å². The molecule has 9 heteroatoms. The number of hydrogen-bond donors (Lipinski definition) is 2. The predicted octanol–water partition coefficient (Wildman–Crippen LogP) is 2.11. The van der Waals surface area contributed by atoms with Gasteiger partial charge in [0.1, 0.15) is 18.1 Å². The maximum atomic E-state index is 12.4. The number of nitrogens with one attached hydrogen (secondary N) is 1. The molecule has 0 unspecified atom stereocenters. The number of carbonyl (C=O) groups excluding carboxylic acids is 1. The van der Waals surface area contributed by atoms with Crippen molar-refractivity contribution >= 4 is 17.2 Å². The van der Waals surface area contributed by atoms with Crippen LogP contribution >= 0.6 is 11.3 Å². The van der Waals surface area contributed by atoms with Gasteiger partial charge in [-0.25, -0.2) is 0 Å². The van der Waals surface area contributed by atoms with Crippen LogP contribution in [0.4, 0.5) is 0 Å². The molecule has 136 valence electrons. The molecule has 1 amide bonds. The molecular formula is C17H17N3O5S. The summed E-state index contributed by atoms with van der Waals surface area (Å²) in [5.74, 6) is 1.26. The van der Waals surface area contributed by atoms with E-state index in [1.165, 1.54) is 18.4 Å². The first-order chi connectivity index (χ1) is 12.7. The van der Waals surface area contributed by atoms with E-state index in [1.807, 2.05) is 17.5 Å². The fourth-order valence-corrected chi connectivity index (χ4v) is 2.83. The van der Waals surface area contributed by atoms with E-state index < -0.39 is 0 Å². The third-order valence-corrected chi connectivity index (χ3v) is 4.23. The molecule has 2 N–H and O–H groups in total. The molecule has 3 aromatic rings.